The molecule has 0 aliphatic heterocycles. The van der Waals surface area contributed by atoms with Gasteiger partial charge in [-0.3, -0.25) is 4.79 Å². The Morgan fingerprint density at radius 1 is 1.15 bits per heavy atom. The van der Waals surface area contributed by atoms with E-state index in [1.807, 2.05) is 6.92 Å². The third-order valence-corrected chi connectivity index (χ3v) is 6.69. The summed E-state index contributed by atoms with van der Waals surface area (Å²) >= 11 is 3.42. The highest BCUT2D eigenvalue weighted by Gasteiger charge is 2.21. The molecule has 0 unspecified atom stereocenters. The molecule has 0 saturated carbocycles. The standard InChI is InChI=1S/C28H24BrFN4O5/c1-15-8-17(6-7-24(15)39-25-5-3-2-4-21(25)30)34-28(31)19(12-32-34)27(37)23-9-16-10-26(38-14-18(36)13-35)20(29)11-22(16)33-23/h2-12,18,33,35-36H,13-14,31H2,1H3/t18-/m1/s1. The zero-order chi connectivity index (χ0) is 27.7. The molecule has 0 amide bonds. The number of aryl methyl sites for hydroxylation is 1. The van der Waals surface area contributed by atoms with Gasteiger partial charge >= 0.3 is 0 Å². The first-order valence-corrected chi connectivity index (χ1v) is 12.7. The number of ether oxygens (including phenoxy) is 2. The molecule has 5 N–H and O–H groups in total. The van der Waals surface area contributed by atoms with Crippen LogP contribution in [0.3, 0.4) is 0 Å². The number of nitrogens with one attached hydrogen (secondary N) is 1. The first-order chi connectivity index (χ1) is 18.7. The number of nitrogens with zero attached hydrogens (tertiary/aromatic N) is 2. The van der Waals surface area contributed by atoms with Crippen LogP contribution < -0.4 is 15.2 Å². The van der Waals surface area contributed by atoms with Crippen LogP contribution in [-0.4, -0.2) is 50.1 Å². The Kier molecular flexibility index (Phi) is 7.38. The van der Waals surface area contributed by atoms with Gasteiger partial charge in [-0.1, -0.05) is 12.1 Å². The Morgan fingerprint density at radius 3 is 2.69 bits per heavy atom. The van der Waals surface area contributed by atoms with Gasteiger partial charge in [-0.2, -0.15) is 5.10 Å². The van der Waals surface area contributed by atoms with Gasteiger partial charge in [0.1, 0.15) is 30.0 Å². The molecule has 5 rings (SSSR count). The van der Waals surface area contributed by atoms with Crippen molar-refractivity contribution >= 4 is 38.4 Å². The molecule has 1 atom stereocenters. The molecule has 0 saturated heterocycles. The van der Waals surface area contributed by atoms with Crippen LogP contribution in [0, 0.1) is 12.7 Å². The molecule has 39 heavy (non-hydrogen) atoms. The number of ketones is 1. The van der Waals surface area contributed by atoms with Crippen molar-refractivity contribution in [3.05, 3.63) is 94.0 Å². The molecule has 0 fully saturated rings. The van der Waals surface area contributed by atoms with E-state index in [-0.39, 0.29) is 29.5 Å². The average molecular weight is 595 g/mol. The number of halogens is 2. The van der Waals surface area contributed by atoms with E-state index in [4.69, 9.17) is 20.3 Å². The molecular formula is C28H24BrFN4O5. The van der Waals surface area contributed by atoms with Gasteiger partial charge < -0.3 is 30.4 Å². The summed E-state index contributed by atoms with van der Waals surface area (Å²) in [6.07, 6.45) is 0.401. The predicted molar refractivity (Wildman–Crippen MR) is 147 cm³/mol. The lowest BCUT2D eigenvalue weighted by atomic mass is 10.1. The number of aromatic nitrogens is 3. The number of benzene rings is 3. The number of H-pyrrole nitrogens is 1. The number of aliphatic hydroxyl groups is 2. The van der Waals surface area contributed by atoms with Crippen molar-refractivity contribution in [1.82, 2.24) is 14.8 Å². The molecule has 2 heterocycles. The fraction of sp³-hybridized carbons (Fsp3) is 0.143. The van der Waals surface area contributed by atoms with Gasteiger partial charge in [-0.25, -0.2) is 9.07 Å². The van der Waals surface area contributed by atoms with E-state index in [1.165, 1.54) is 16.9 Å². The monoisotopic (exact) mass is 594 g/mol. The molecule has 11 heteroatoms. The van der Waals surface area contributed by atoms with Crippen LogP contribution in [0.25, 0.3) is 16.6 Å². The largest absolute Gasteiger partial charge is 0.490 e. The van der Waals surface area contributed by atoms with E-state index >= 15 is 0 Å². The third kappa shape index (κ3) is 5.37. The Hall–Kier alpha value is -4.19. The van der Waals surface area contributed by atoms with Crippen LogP contribution in [0.15, 0.2) is 71.3 Å². The van der Waals surface area contributed by atoms with E-state index in [0.717, 1.165) is 5.56 Å². The zero-order valence-corrected chi connectivity index (χ0v) is 22.3. The number of aliphatic hydroxyl groups excluding tert-OH is 2. The second kappa shape index (κ2) is 10.9. The highest BCUT2D eigenvalue weighted by Crippen LogP contribution is 2.33. The zero-order valence-electron chi connectivity index (χ0n) is 20.7. The lowest BCUT2D eigenvalue weighted by Crippen LogP contribution is -2.21. The van der Waals surface area contributed by atoms with Gasteiger partial charge in [0.15, 0.2) is 11.6 Å². The summed E-state index contributed by atoms with van der Waals surface area (Å²) in [6, 6.07) is 16.5. The summed E-state index contributed by atoms with van der Waals surface area (Å²) in [5, 5.41) is 23.6. The molecule has 0 bridgehead atoms. The number of aromatic amines is 1. The molecule has 9 nitrogen and oxygen atoms in total. The van der Waals surface area contributed by atoms with E-state index in [1.54, 1.807) is 54.6 Å². The minimum atomic E-state index is -1.00. The van der Waals surface area contributed by atoms with Crippen LogP contribution in [0.1, 0.15) is 21.6 Å². The Balaban J connectivity index is 1.38. The maximum absolute atomic E-state index is 14.0. The maximum Gasteiger partial charge on any atom is 0.214 e. The lowest BCUT2D eigenvalue weighted by molar-refractivity contribution is 0.0534. The summed E-state index contributed by atoms with van der Waals surface area (Å²) in [6.45, 7) is 1.32. The minimum Gasteiger partial charge on any atom is -0.490 e. The molecular weight excluding hydrogens is 571 g/mol. The Labute approximate surface area is 230 Å². The van der Waals surface area contributed by atoms with Crippen molar-refractivity contribution in [2.75, 3.05) is 18.9 Å². The number of fused-ring (bicyclic) bond motifs is 1. The number of para-hydroxylation sites is 1. The summed E-state index contributed by atoms with van der Waals surface area (Å²) in [4.78, 5) is 16.4. The van der Waals surface area contributed by atoms with E-state index < -0.39 is 18.5 Å². The number of anilines is 1. The number of hydrogen-bond acceptors (Lipinski definition) is 7. The SMILES string of the molecule is Cc1cc(-n2ncc(C(=O)c3cc4cc(OC[C@H](O)CO)c(Br)cc4[nH]3)c2N)ccc1Oc1ccccc1F. The quantitative estimate of drug-likeness (QED) is 0.178. The molecule has 0 aliphatic carbocycles. The van der Waals surface area contributed by atoms with Crippen LogP contribution in [0.5, 0.6) is 17.2 Å². The number of carbonyl (C=O) groups excluding carboxylic acids is 1. The van der Waals surface area contributed by atoms with Crippen molar-refractivity contribution in [1.29, 1.82) is 0 Å². The predicted octanol–water partition coefficient (Wildman–Crippen LogP) is 4.90. The number of nitrogen functional groups attached to an aromatic ring is 1. The number of hydrogen-bond donors (Lipinski definition) is 4. The van der Waals surface area contributed by atoms with Crippen molar-refractivity contribution in [3.8, 4) is 22.9 Å². The fourth-order valence-electron chi connectivity index (χ4n) is 4.01. The van der Waals surface area contributed by atoms with E-state index in [0.29, 0.717) is 38.3 Å². The molecule has 0 aliphatic rings. The second-order valence-corrected chi connectivity index (χ2v) is 9.72. The minimum absolute atomic E-state index is 0.0811. The van der Waals surface area contributed by atoms with Crippen molar-refractivity contribution in [2.24, 2.45) is 0 Å². The molecule has 0 spiro atoms. The van der Waals surface area contributed by atoms with Gasteiger partial charge in [0.05, 0.1) is 34.2 Å². The normalized spacial score (nSPS) is 12.0. The van der Waals surface area contributed by atoms with Gasteiger partial charge in [-0.05, 0) is 76.9 Å². The third-order valence-electron chi connectivity index (χ3n) is 6.07. The number of rotatable bonds is 9. The number of nitrogens with two attached hydrogens (primary N) is 1. The second-order valence-electron chi connectivity index (χ2n) is 8.87. The summed E-state index contributed by atoms with van der Waals surface area (Å²) < 4.78 is 27.3. The van der Waals surface area contributed by atoms with Crippen molar-refractivity contribution in [3.63, 3.8) is 0 Å². The van der Waals surface area contributed by atoms with Crippen LogP contribution in [-0.2, 0) is 0 Å². The first kappa shape index (κ1) is 26.4. The smallest absolute Gasteiger partial charge is 0.214 e. The summed E-state index contributed by atoms with van der Waals surface area (Å²) in [7, 11) is 0. The average Bonchev–Trinajstić information content (AvgIpc) is 3.52. The Bertz CT molecular complexity index is 1680. The van der Waals surface area contributed by atoms with Crippen molar-refractivity contribution < 1.29 is 28.9 Å². The van der Waals surface area contributed by atoms with Crippen molar-refractivity contribution in [2.45, 2.75) is 13.0 Å². The molecule has 5 aromatic rings. The lowest BCUT2D eigenvalue weighted by Gasteiger charge is -2.12. The molecule has 2 aromatic heterocycles. The van der Waals surface area contributed by atoms with Gasteiger partial charge in [0.2, 0.25) is 5.78 Å². The van der Waals surface area contributed by atoms with Crippen LogP contribution in [0.2, 0.25) is 0 Å². The fourth-order valence-corrected chi connectivity index (χ4v) is 4.47. The van der Waals surface area contributed by atoms with Gasteiger partial charge in [-0.15, -0.1) is 0 Å². The maximum atomic E-state index is 14.0. The van der Waals surface area contributed by atoms with E-state index in [2.05, 4.69) is 26.0 Å². The van der Waals surface area contributed by atoms with E-state index in [9.17, 15) is 14.3 Å². The highest BCUT2D eigenvalue weighted by atomic mass is 79.9. The molecule has 0 radical (unpaired) electrons. The first-order valence-electron chi connectivity index (χ1n) is 11.9. The molecule has 200 valence electrons. The topological polar surface area (TPSA) is 136 Å². The number of carbonyl (C=O) groups is 1. The summed E-state index contributed by atoms with van der Waals surface area (Å²) in [5.74, 6) is 0.396. The van der Waals surface area contributed by atoms with Gasteiger partial charge in [0.25, 0.3) is 0 Å². The Morgan fingerprint density at radius 2 is 1.95 bits per heavy atom. The highest BCUT2D eigenvalue weighted by molar-refractivity contribution is 9.10. The van der Waals surface area contributed by atoms with Crippen LogP contribution in [0.4, 0.5) is 10.2 Å². The summed E-state index contributed by atoms with van der Waals surface area (Å²) in [5.41, 5.74) is 8.89. The van der Waals surface area contributed by atoms with Gasteiger partial charge in [0, 0.05) is 10.9 Å². The molecule has 3 aromatic carbocycles. The van der Waals surface area contributed by atoms with Crippen LogP contribution >= 0.6 is 15.9 Å².